The molecule has 0 unspecified atom stereocenters. The van der Waals surface area contributed by atoms with Crippen molar-refractivity contribution < 1.29 is 9.18 Å². The van der Waals surface area contributed by atoms with Gasteiger partial charge in [-0.25, -0.2) is 4.39 Å². The lowest BCUT2D eigenvalue weighted by Crippen LogP contribution is -2.24. The van der Waals surface area contributed by atoms with E-state index in [9.17, 15) is 9.18 Å². The lowest BCUT2D eigenvalue weighted by Gasteiger charge is -2.00. The maximum absolute atomic E-state index is 13.1. The molecule has 1 heterocycles. The number of benzene rings is 1. The number of nitrogens with one attached hydrogen (secondary N) is 1. The summed E-state index contributed by atoms with van der Waals surface area (Å²) in [7, 11) is 0. The normalized spacial score (nSPS) is 9.62. The van der Waals surface area contributed by atoms with Crippen LogP contribution in [-0.2, 0) is 11.2 Å². The highest BCUT2D eigenvalue weighted by Crippen LogP contribution is 2.07. The summed E-state index contributed by atoms with van der Waals surface area (Å²) in [6, 6.07) is 10.2. The summed E-state index contributed by atoms with van der Waals surface area (Å²) in [5.41, 5.74) is 2.05. The maximum Gasteiger partial charge on any atom is 0.296 e. The van der Waals surface area contributed by atoms with Crippen LogP contribution in [0.3, 0.4) is 0 Å². The first-order chi connectivity index (χ1) is 10.1. The number of carbonyl (C=O) groups excluding carboxylic acids is 1. The monoisotopic (exact) mass is 282 g/mol. The number of nitrogens with zero attached hydrogens (tertiary/aromatic N) is 1. The number of aryl methyl sites for hydroxylation is 1. The van der Waals surface area contributed by atoms with Gasteiger partial charge in [-0.2, -0.15) is 0 Å². The van der Waals surface area contributed by atoms with Gasteiger partial charge in [0, 0.05) is 36.3 Å². The van der Waals surface area contributed by atoms with E-state index in [-0.39, 0.29) is 11.7 Å². The Hall–Kier alpha value is -2.67. The Morgan fingerprint density at radius 1 is 1.33 bits per heavy atom. The molecule has 21 heavy (non-hydrogen) atoms. The van der Waals surface area contributed by atoms with E-state index in [0.717, 1.165) is 5.69 Å². The van der Waals surface area contributed by atoms with Crippen LogP contribution in [0.15, 0.2) is 42.6 Å². The second-order valence-electron chi connectivity index (χ2n) is 4.54. The molecule has 0 atom stereocenters. The zero-order chi connectivity index (χ0) is 15.1. The van der Waals surface area contributed by atoms with Gasteiger partial charge < -0.3 is 5.32 Å². The van der Waals surface area contributed by atoms with E-state index >= 15 is 0 Å². The van der Waals surface area contributed by atoms with Crippen molar-refractivity contribution >= 4 is 5.91 Å². The molecule has 0 saturated heterocycles. The van der Waals surface area contributed by atoms with Crippen molar-refractivity contribution in [1.29, 1.82) is 0 Å². The first-order valence-electron chi connectivity index (χ1n) is 6.61. The lowest BCUT2D eigenvalue weighted by atomic mass is 10.1. The second kappa shape index (κ2) is 7.20. The molecule has 0 spiro atoms. The number of hydrogen-bond donors (Lipinski definition) is 1. The maximum atomic E-state index is 13.1. The van der Waals surface area contributed by atoms with Crippen LogP contribution in [0.2, 0.25) is 0 Å². The van der Waals surface area contributed by atoms with Gasteiger partial charge >= 0.3 is 0 Å². The van der Waals surface area contributed by atoms with Crippen molar-refractivity contribution in [3.8, 4) is 11.8 Å². The summed E-state index contributed by atoms with van der Waals surface area (Å²) in [5.74, 6) is 4.57. The third-order valence-corrected chi connectivity index (χ3v) is 2.87. The summed E-state index contributed by atoms with van der Waals surface area (Å²) >= 11 is 0. The van der Waals surface area contributed by atoms with E-state index in [0.29, 0.717) is 24.1 Å². The first kappa shape index (κ1) is 14.7. The van der Waals surface area contributed by atoms with Gasteiger partial charge in [-0.3, -0.25) is 9.78 Å². The van der Waals surface area contributed by atoms with Crippen LogP contribution >= 0.6 is 0 Å². The third-order valence-electron chi connectivity index (χ3n) is 2.87. The Labute approximate surface area is 123 Å². The second-order valence-corrected chi connectivity index (χ2v) is 4.54. The molecule has 4 heteroatoms. The Kier molecular flexibility index (Phi) is 5.05. The Bertz CT molecular complexity index is 687. The Morgan fingerprint density at radius 2 is 2.19 bits per heavy atom. The van der Waals surface area contributed by atoms with Crippen molar-refractivity contribution in [3.63, 3.8) is 0 Å². The number of aromatic nitrogens is 1. The van der Waals surface area contributed by atoms with Crippen LogP contribution in [0.1, 0.15) is 16.8 Å². The van der Waals surface area contributed by atoms with E-state index in [1.165, 1.54) is 6.07 Å². The number of carbonyl (C=O) groups is 1. The van der Waals surface area contributed by atoms with Crippen LogP contribution in [0, 0.1) is 24.6 Å². The van der Waals surface area contributed by atoms with Crippen molar-refractivity contribution in [2.24, 2.45) is 0 Å². The standard InChI is InChI=1S/C17H15FN2O/c1-13-12-14(5-7-16(13)18)6-8-17(21)20-11-9-15-4-2-3-10-19-15/h2-5,7,10,12H,9,11H2,1H3,(H,20,21). The van der Waals surface area contributed by atoms with Crippen LogP contribution in [0.25, 0.3) is 0 Å². The minimum atomic E-state index is -0.354. The van der Waals surface area contributed by atoms with Gasteiger partial charge in [0.25, 0.3) is 5.91 Å². The van der Waals surface area contributed by atoms with E-state index in [4.69, 9.17) is 0 Å². The highest BCUT2D eigenvalue weighted by atomic mass is 19.1. The molecule has 1 aromatic heterocycles. The molecule has 0 radical (unpaired) electrons. The van der Waals surface area contributed by atoms with Gasteiger partial charge in [0.15, 0.2) is 0 Å². The fourth-order valence-electron chi connectivity index (χ4n) is 1.75. The van der Waals surface area contributed by atoms with Gasteiger partial charge in [-0.15, -0.1) is 0 Å². The summed E-state index contributed by atoms with van der Waals surface area (Å²) in [6.07, 6.45) is 2.37. The average molecular weight is 282 g/mol. The molecule has 106 valence electrons. The molecular formula is C17H15FN2O. The van der Waals surface area contributed by atoms with E-state index in [1.54, 1.807) is 25.3 Å². The predicted molar refractivity (Wildman–Crippen MR) is 79.0 cm³/mol. The fraction of sp³-hybridized carbons (Fsp3) is 0.176. The molecular weight excluding hydrogens is 267 g/mol. The van der Waals surface area contributed by atoms with Crippen LogP contribution in [-0.4, -0.2) is 17.4 Å². The zero-order valence-corrected chi connectivity index (χ0v) is 11.7. The number of pyridine rings is 1. The molecule has 2 rings (SSSR count). The molecule has 1 N–H and O–H groups in total. The fourth-order valence-corrected chi connectivity index (χ4v) is 1.75. The lowest BCUT2D eigenvalue weighted by molar-refractivity contribution is -0.115. The molecule has 0 fully saturated rings. The molecule has 0 bridgehead atoms. The first-order valence-corrected chi connectivity index (χ1v) is 6.61. The highest BCUT2D eigenvalue weighted by molar-refractivity contribution is 5.94. The number of halogens is 1. The van der Waals surface area contributed by atoms with Gasteiger partial charge in [0.05, 0.1) is 0 Å². The van der Waals surface area contributed by atoms with Crippen LogP contribution in [0.5, 0.6) is 0 Å². The third kappa shape index (κ3) is 4.73. The van der Waals surface area contributed by atoms with Gasteiger partial charge in [-0.05, 0) is 42.8 Å². The summed E-state index contributed by atoms with van der Waals surface area (Å²) in [5, 5.41) is 2.70. The number of hydrogen-bond acceptors (Lipinski definition) is 2. The van der Waals surface area contributed by atoms with Crippen molar-refractivity contribution in [2.75, 3.05) is 6.54 Å². The summed E-state index contributed by atoms with van der Waals surface area (Å²) < 4.78 is 13.1. The van der Waals surface area contributed by atoms with Crippen molar-refractivity contribution in [2.45, 2.75) is 13.3 Å². The number of amides is 1. The van der Waals surface area contributed by atoms with Gasteiger partial charge in [0.2, 0.25) is 0 Å². The van der Waals surface area contributed by atoms with Crippen LogP contribution in [0.4, 0.5) is 4.39 Å². The highest BCUT2D eigenvalue weighted by Gasteiger charge is 1.98. The minimum absolute atomic E-state index is 0.277. The van der Waals surface area contributed by atoms with Crippen molar-refractivity contribution in [3.05, 3.63) is 65.2 Å². The van der Waals surface area contributed by atoms with E-state index < -0.39 is 0 Å². The van der Waals surface area contributed by atoms with E-state index in [2.05, 4.69) is 22.1 Å². The topological polar surface area (TPSA) is 42.0 Å². The molecule has 3 nitrogen and oxygen atoms in total. The molecule has 1 amide bonds. The largest absolute Gasteiger partial charge is 0.345 e. The predicted octanol–water partition coefficient (Wildman–Crippen LogP) is 2.24. The summed E-state index contributed by atoms with van der Waals surface area (Å²) in [4.78, 5) is 15.7. The number of rotatable bonds is 3. The molecule has 0 saturated carbocycles. The van der Waals surface area contributed by atoms with Gasteiger partial charge in [0.1, 0.15) is 5.82 Å². The summed E-state index contributed by atoms with van der Waals surface area (Å²) in [6.45, 7) is 2.14. The molecule has 2 aromatic rings. The SMILES string of the molecule is Cc1cc(C#CC(=O)NCCc2ccccn2)ccc1F. The van der Waals surface area contributed by atoms with Crippen molar-refractivity contribution in [1.82, 2.24) is 10.3 Å². The Balaban J connectivity index is 1.85. The quantitative estimate of drug-likeness (QED) is 0.877. The molecule has 0 aliphatic rings. The van der Waals surface area contributed by atoms with Crippen LogP contribution < -0.4 is 5.32 Å². The zero-order valence-electron chi connectivity index (χ0n) is 11.7. The van der Waals surface area contributed by atoms with E-state index in [1.807, 2.05) is 18.2 Å². The molecule has 0 aliphatic heterocycles. The molecule has 0 aliphatic carbocycles. The Morgan fingerprint density at radius 3 is 2.90 bits per heavy atom. The molecule has 1 aromatic carbocycles. The minimum Gasteiger partial charge on any atom is -0.345 e. The average Bonchev–Trinajstić information content (AvgIpc) is 2.49. The smallest absolute Gasteiger partial charge is 0.296 e. The van der Waals surface area contributed by atoms with Gasteiger partial charge in [-0.1, -0.05) is 12.0 Å².